The number of likely N-dealkylation sites (N-methyl/N-ethyl adjacent to an activating group) is 1. The molecule has 2 rings (SSSR count). The van der Waals surface area contributed by atoms with Gasteiger partial charge in [-0.3, -0.25) is 0 Å². The van der Waals surface area contributed by atoms with Gasteiger partial charge in [0.15, 0.2) is 0 Å². The summed E-state index contributed by atoms with van der Waals surface area (Å²) in [6, 6.07) is 6.64. The van der Waals surface area contributed by atoms with Gasteiger partial charge in [-0.05, 0) is 44.6 Å². The molecule has 22 heavy (non-hydrogen) atoms. The molecular weight excluding hydrogens is 274 g/mol. The van der Waals surface area contributed by atoms with E-state index < -0.39 is 0 Å². The van der Waals surface area contributed by atoms with Crippen molar-refractivity contribution in [3.05, 3.63) is 23.8 Å². The molecule has 1 aliphatic heterocycles. The summed E-state index contributed by atoms with van der Waals surface area (Å²) in [5, 5.41) is 3.48. The highest BCUT2D eigenvalue weighted by Gasteiger charge is 2.14. The quantitative estimate of drug-likeness (QED) is 0.784. The summed E-state index contributed by atoms with van der Waals surface area (Å²) < 4.78 is 5.65. The SMILES string of the molecule is COc1cc(CNCCN(C)C)ccc1N1CCCCCC1. The van der Waals surface area contributed by atoms with Crippen molar-refractivity contribution in [2.45, 2.75) is 32.2 Å². The van der Waals surface area contributed by atoms with E-state index in [2.05, 4.69) is 47.4 Å². The highest BCUT2D eigenvalue weighted by atomic mass is 16.5. The number of ether oxygens (including phenoxy) is 1. The van der Waals surface area contributed by atoms with Crippen molar-refractivity contribution in [3.8, 4) is 5.75 Å². The Bertz CT molecular complexity index is 440. The predicted molar refractivity (Wildman–Crippen MR) is 93.9 cm³/mol. The van der Waals surface area contributed by atoms with Crippen molar-refractivity contribution in [1.82, 2.24) is 10.2 Å². The van der Waals surface area contributed by atoms with Gasteiger partial charge in [0.05, 0.1) is 12.8 Å². The minimum absolute atomic E-state index is 0.893. The monoisotopic (exact) mass is 305 g/mol. The maximum absolute atomic E-state index is 5.65. The first kappa shape index (κ1) is 17.1. The van der Waals surface area contributed by atoms with Gasteiger partial charge >= 0.3 is 0 Å². The van der Waals surface area contributed by atoms with Crippen molar-refractivity contribution in [2.75, 3.05) is 52.3 Å². The molecule has 1 aliphatic rings. The van der Waals surface area contributed by atoms with Crippen LogP contribution in [0.3, 0.4) is 0 Å². The second-order valence-corrected chi connectivity index (χ2v) is 6.39. The topological polar surface area (TPSA) is 27.7 Å². The average molecular weight is 305 g/mol. The van der Waals surface area contributed by atoms with E-state index in [-0.39, 0.29) is 0 Å². The van der Waals surface area contributed by atoms with Crippen molar-refractivity contribution in [2.24, 2.45) is 0 Å². The summed E-state index contributed by atoms with van der Waals surface area (Å²) in [6.45, 7) is 5.25. The molecule has 1 N–H and O–H groups in total. The summed E-state index contributed by atoms with van der Waals surface area (Å²) in [5.74, 6) is 1.01. The second kappa shape index (κ2) is 9.01. The van der Waals surface area contributed by atoms with Crippen molar-refractivity contribution in [1.29, 1.82) is 0 Å². The molecule has 0 bridgehead atoms. The summed E-state index contributed by atoms with van der Waals surface area (Å²) in [7, 11) is 5.97. The van der Waals surface area contributed by atoms with Crippen LogP contribution in [0.15, 0.2) is 18.2 Å². The summed E-state index contributed by atoms with van der Waals surface area (Å²) in [6.07, 6.45) is 5.29. The highest BCUT2D eigenvalue weighted by molar-refractivity contribution is 5.60. The molecule has 1 aromatic carbocycles. The third kappa shape index (κ3) is 5.18. The van der Waals surface area contributed by atoms with Crippen LogP contribution in [0.4, 0.5) is 5.69 Å². The highest BCUT2D eigenvalue weighted by Crippen LogP contribution is 2.31. The number of hydrogen-bond donors (Lipinski definition) is 1. The molecular formula is C18H31N3O. The van der Waals surface area contributed by atoms with Crippen LogP contribution in [0.25, 0.3) is 0 Å². The van der Waals surface area contributed by atoms with Gasteiger partial charge in [0.2, 0.25) is 0 Å². The second-order valence-electron chi connectivity index (χ2n) is 6.39. The van der Waals surface area contributed by atoms with Crippen LogP contribution in [0.1, 0.15) is 31.2 Å². The van der Waals surface area contributed by atoms with Crippen LogP contribution in [0.2, 0.25) is 0 Å². The van der Waals surface area contributed by atoms with Gasteiger partial charge in [0.1, 0.15) is 5.75 Å². The minimum Gasteiger partial charge on any atom is -0.495 e. The van der Waals surface area contributed by atoms with E-state index in [1.54, 1.807) is 7.11 Å². The van der Waals surface area contributed by atoms with E-state index in [4.69, 9.17) is 4.74 Å². The summed E-state index contributed by atoms with van der Waals surface area (Å²) in [4.78, 5) is 4.67. The third-order valence-corrected chi connectivity index (χ3v) is 4.26. The number of nitrogens with one attached hydrogen (secondary N) is 1. The molecule has 0 aliphatic carbocycles. The van der Waals surface area contributed by atoms with Crippen molar-refractivity contribution < 1.29 is 4.74 Å². The van der Waals surface area contributed by atoms with Crippen LogP contribution in [0, 0.1) is 0 Å². The number of benzene rings is 1. The maximum Gasteiger partial charge on any atom is 0.142 e. The molecule has 0 unspecified atom stereocenters. The number of hydrogen-bond acceptors (Lipinski definition) is 4. The van der Waals surface area contributed by atoms with Gasteiger partial charge in [0.25, 0.3) is 0 Å². The number of nitrogens with zero attached hydrogens (tertiary/aromatic N) is 2. The lowest BCUT2D eigenvalue weighted by molar-refractivity contribution is 0.399. The Kier molecular flexibility index (Phi) is 7.00. The minimum atomic E-state index is 0.893. The van der Waals surface area contributed by atoms with Crippen LogP contribution < -0.4 is 15.0 Å². The van der Waals surface area contributed by atoms with Gasteiger partial charge < -0.3 is 19.9 Å². The molecule has 124 valence electrons. The fraction of sp³-hybridized carbons (Fsp3) is 0.667. The normalized spacial score (nSPS) is 15.9. The first-order valence-corrected chi connectivity index (χ1v) is 8.48. The molecule has 1 saturated heterocycles. The fourth-order valence-corrected chi connectivity index (χ4v) is 2.94. The molecule has 1 aromatic rings. The number of rotatable bonds is 7. The Morgan fingerprint density at radius 3 is 2.50 bits per heavy atom. The van der Waals surface area contributed by atoms with Crippen LogP contribution in [0.5, 0.6) is 5.75 Å². The lowest BCUT2D eigenvalue weighted by atomic mass is 10.1. The number of methoxy groups -OCH3 is 1. The Hall–Kier alpha value is -1.26. The molecule has 1 heterocycles. The largest absolute Gasteiger partial charge is 0.495 e. The zero-order valence-electron chi connectivity index (χ0n) is 14.4. The predicted octanol–water partition coefficient (Wildman–Crippen LogP) is 2.73. The van der Waals surface area contributed by atoms with E-state index in [9.17, 15) is 0 Å². The van der Waals surface area contributed by atoms with Crippen molar-refractivity contribution in [3.63, 3.8) is 0 Å². The van der Waals surface area contributed by atoms with Gasteiger partial charge in [0, 0.05) is 32.7 Å². The third-order valence-electron chi connectivity index (χ3n) is 4.26. The lowest BCUT2D eigenvalue weighted by Gasteiger charge is -2.25. The first-order chi connectivity index (χ1) is 10.7. The Labute approximate surface area is 135 Å². The maximum atomic E-state index is 5.65. The Morgan fingerprint density at radius 1 is 1.14 bits per heavy atom. The lowest BCUT2D eigenvalue weighted by Crippen LogP contribution is -2.26. The molecule has 0 spiro atoms. The Morgan fingerprint density at radius 2 is 1.86 bits per heavy atom. The first-order valence-electron chi connectivity index (χ1n) is 8.48. The van der Waals surface area contributed by atoms with E-state index in [0.717, 1.165) is 38.5 Å². The van der Waals surface area contributed by atoms with Crippen LogP contribution >= 0.6 is 0 Å². The molecule has 4 heteroatoms. The van der Waals surface area contributed by atoms with Crippen LogP contribution in [-0.2, 0) is 6.54 Å². The number of anilines is 1. The molecule has 0 saturated carbocycles. The smallest absolute Gasteiger partial charge is 0.142 e. The van der Waals surface area contributed by atoms with E-state index in [1.807, 2.05) is 0 Å². The molecule has 0 atom stereocenters. The van der Waals surface area contributed by atoms with E-state index >= 15 is 0 Å². The molecule has 1 fully saturated rings. The standard InChI is InChI=1S/C18H31N3O/c1-20(2)13-10-19-15-16-8-9-17(18(14-16)22-3)21-11-6-4-5-7-12-21/h8-9,14,19H,4-7,10-13,15H2,1-3H3. The van der Waals surface area contributed by atoms with Gasteiger partial charge in [-0.2, -0.15) is 0 Å². The molecule has 0 amide bonds. The van der Waals surface area contributed by atoms with Gasteiger partial charge in [-0.1, -0.05) is 18.9 Å². The molecule has 0 radical (unpaired) electrons. The average Bonchev–Trinajstić information content (AvgIpc) is 2.80. The summed E-state index contributed by atoms with van der Waals surface area (Å²) in [5.41, 5.74) is 2.54. The fourth-order valence-electron chi connectivity index (χ4n) is 2.94. The van der Waals surface area contributed by atoms with Gasteiger partial charge in [-0.25, -0.2) is 0 Å². The van der Waals surface area contributed by atoms with E-state index in [0.29, 0.717) is 0 Å². The molecule has 0 aromatic heterocycles. The van der Waals surface area contributed by atoms with Gasteiger partial charge in [-0.15, -0.1) is 0 Å². The Balaban J connectivity index is 1.97. The summed E-state index contributed by atoms with van der Waals surface area (Å²) >= 11 is 0. The zero-order valence-corrected chi connectivity index (χ0v) is 14.4. The zero-order chi connectivity index (χ0) is 15.8. The van der Waals surface area contributed by atoms with Crippen LogP contribution in [-0.4, -0.2) is 52.3 Å². The van der Waals surface area contributed by atoms with Crippen molar-refractivity contribution >= 4 is 5.69 Å². The molecule has 4 nitrogen and oxygen atoms in total. The van der Waals surface area contributed by atoms with E-state index in [1.165, 1.54) is 36.9 Å².